The van der Waals surface area contributed by atoms with E-state index in [0.717, 1.165) is 36.8 Å². The van der Waals surface area contributed by atoms with Crippen molar-refractivity contribution in [3.05, 3.63) is 57.3 Å². The molecule has 0 bridgehead atoms. The van der Waals surface area contributed by atoms with Gasteiger partial charge in [0.25, 0.3) is 5.91 Å². The van der Waals surface area contributed by atoms with Crippen LogP contribution in [0.15, 0.2) is 34.7 Å². The summed E-state index contributed by atoms with van der Waals surface area (Å²) in [6.45, 7) is 0.186. The molecule has 0 saturated heterocycles. The van der Waals surface area contributed by atoms with Crippen molar-refractivity contribution in [1.29, 1.82) is 0 Å². The molecule has 2 aromatic carbocycles. The standard InChI is InChI=1S/C23H23Cl2N3O3/c1-28(2)12-19(29)26-16-11-10-15(24)20(21(16)25)23(30)27-17-8-5-7-14-13-6-3-4-9-18(13)31-22(14)17/h5,7-8,10-11H,3-4,6,9,12H2,1-2H3,(H,26,29)(H,27,30). The average Bonchev–Trinajstić information content (AvgIpc) is 3.09. The first-order valence-corrected chi connectivity index (χ1v) is 10.9. The van der Waals surface area contributed by atoms with Crippen LogP contribution in [-0.4, -0.2) is 37.4 Å². The van der Waals surface area contributed by atoms with Gasteiger partial charge in [0.2, 0.25) is 5.91 Å². The molecule has 162 valence electrons. The van der Waals surface area contributed by atoms with E-state index in [0.29, 0.717) is 17.0 Å². The third-order valence-corrected chi connectivity index (χ3v) is 5.99. The van der Waals surface area contributed by atoms with E-state index in [4.69, 9.17) is 27.6 Å². The third kappa shape index (κ3) is 4.42. The van der Waals surface area contributed by atoms with Crippen LogP contribution in [0.4, 0.5) is 11.4 Å². The molecule has 1 aliphatic carbocycles. The fraction of sp³-hybridized carbons (Fsp3) is 0.304. The summed E-state index contributed by atoms with van der Waals surface area (Å²) in [5, 5.41) is 6.91. The van der Waals surface area contributed by atoms with E-state index >= 15 is 0 Å². The molecule has 0 atom stereocenters. The highest BCUT2D eigenvalue weighted by Gasteiger charge is 2.23. The normalized spacial score (nSPS) is 13.3. The molecule has 2 N–H and O–H groups in total. The maximum atomic E-state index is 13.1. The van der Waals surface area contributed by atoms with Gasteiger partial charge in [-0.25, -0.2) is 0 Å². The maximum Gasteiger partial charge on any atom is 0.258 e. The van der Waals surface area contributed by atoms with Crippen LogP contribution in [0.3, 0.4) is 0 Å². The Kier molecular flexibility index (Phi) is 6.23. The zero-order chi connectivity index (χ0) is 22.1. The van der Waals surface area contributed by atoms with Crippen molar-refractivity contribution >= 4 is 57.4 Å². The third-order valence-electron chi connectivity index (χ3n) is 5.28. The molecule has 0 spiro atoms. The van der Waals surface area contributed by atoms with E-state index < -0.39 is 5.91 Å². The highest BCUT2D eigenvalue weighted by molar-refractivity contribution is 6.42. The van der Waals surface area contributed by atoms with Crippen LogP contribution in [0.2, 0.25) is 10.0 Å². The number of carbonyl (C=O) groups is 2. The number of hydrogen-bond acceptors (Lipinski definition) is 4. The first kappa shape index (κ1) is 21.7. The molecule has 6 nitrogen and oxygen atoms in total. The summed E-state index contributed by atoms with van der Waals surface area (Å²) in [5.41, 5.74) is 2.87. The Balaban J connectivity index is 1.64. The van der Waals surface area contributed by atoms with Crippen molar-refractivity contribution in [2.75, 3.05) is 31.3 Å². The van der Waals surface area contributed by atoms with Gasteiger partial charge >= 0.3 is 0 Å². The molecule has 0 fully saturated rings. The number of halogens is 2. The van der Waals surface area contributed by atoms with Gasteiger partial charge in [-0.2, -0.15) is 0 Å². The number of amides is 2. The van der Waals surface area contributed by atoms with Crippen LogP contribution in [-0.2, 0) is 17.6 Å². The van der Waals surface area contributed by atoms with Crippen LogP contribution in [0.25, 0.3) is 11.0 Å². The molecular weight excluding hydrogens is 437 g/mol. The van der Waals surface area contributed by atoms with Gasteiger partial charge in [0.05, 0.1) is 33.5 Å². The smallest absolute Gasteiger partial charge is 0.258 e. The predicted octanol–water partition coefficient (Wildman–Crippen LogP) is 5.37. The number of hydrogen-bond donors (Lipinski definition) is 2. The van der Waals surface area contributed by atoms with Gasteiger partial charge in [-0.1, -0.05) is 35.3 Å². The zero-order valence-electron chi connectivity index (χ0n) is 17.4. The fourth-order valence-electron chi connectivity index (χ4n) is 3.90. The molecule has 1 aliphatic rings. The number of para-hydroxylation sites is 1. The number of fused-ring (bicyclic) bond motifs is 3. The molecule has 3 aromatic rings. The molecule has 0 unspecified atom stereocenters. The minimum absolute atomic E-state index is 0.0861. The number of rotatable bonds is 5. The van der Waals surface area contributed by atoms with Crippen molar-refractivity contribution < 1.29 is 14.0 Å². The molecule has 1 aromatic heterocycles. The Hall–Kier alpha value is -2.54. The van der Waals surface area contributed by atoms with Crippen molar-refractivity contribution in [2.24, 2.45) is 0 Å². The lowest BCUT2D eigenvalue weighted by Gasteiger charge is -2.14. The lowest BCUT2D eigenvalue weighted by molar-refractivity contribution is -0.116. The number of nitrogens with one attached hydrogen (secondary N) is 2. The largest absolute Gasteiger partial charge is 0.459 e. The predicted molar refractivity (Wildman–Crippen MR) is 124 cm³/mol. The molecule has 0 radical (unpaired) electrons. The van der Waals surface area contributed by atoms with Crippen LogP contribution in [0.5, 0.6) is 0 Å². The Morgan fingerprint density at radius 1 is 1.03 bits per heavy atom. The van der Waals surface area contributed by atoms with E-state index in [2.05, 4.69) is 10.6 Å². The lowest BCUT2D eigenvalue weighted by atomic mass is 9.96. The maximum absolute atomic E-state index is 13.1. The molecular formula is C23H23Cl2N3O3. The monoisotopic (exact) mass is 459 g/mol. The van der Waals surface area contributed by atoms with Crippen molar-refractivity contribution in [3.63, 3.8) is 0 Å². The van der Waals surface area contributed by atoms with Crippen molar-refractivity contribution in [2.45, 2.75) is 25.7 Å². The summed E-state index contributed by atoms with van der Waals surface area (Å²) >= 11 is 12.8. The van der Waals surface area contributed by atoms with Gasteiger partial charge in [0.15, 0.2) is 5.58 Å². The van der Waals surface area contributed by atoms with Crippen molar-refractivity contribution in [3.8, 4) is 0 Å². The van der Waals surface area contributed by atoms with Gasteiger partial charge in [-0.05, 0) is 51.6 Å². The number of benzene rings is 2. The second-order valence-corrected chi connectivity index (χ2v) is 8.70. The number of nitrogens with zero attached hydrogens (tertiary/aromatic N) is 1. The summed E-state index contributed by atoms with van der Waals surface area (Å²) in [7, 11) is 3.57. The lowest BCUT2D eigenvalue weighted by Crippen LogP contribution is -2.27. The number of aryl methyl sites for hydroxylation is 2. The number of anilines is 2. The number of carbonyl (C=O) groups excluding carboxylic acids is 2. The summed E-state index contributed by atoms with van der Waals surface area (Å²) in [5.74, 6) is 0.275. The quantitative estimate of drug-likeness (QED) is 0.537. The zero-order valence-corrected chi connectivity index (χ0v) is 18.9. The van der Waals surface area contributed by atoms with E-state index in [1.54, 1.807) is 37.2 Å². The molecule has 1 heterocycles. The van der Waals surface area contributed by atoms with Crippen LogP contribution in [0.1, 0.15) is 34.5 Å². The second kappa shape index (κ2) is 8.91. The minimum atomic E-state index is -0.472. The van der Waals surface area contributed by atoms with Gasteiger partial charge in [-0.15, -0.1) is 0 Å². The summed E-state index contributed by atoms with van der Waals surface area (Å²) < 4.78 is 6.09. The van der Waals surface area contributed by atoms with Gasteiger partial charge in [0.1, 0.15) is 5.76 Å². The second-order valence-electron chi connectivity index (χ2n) is 7.92. The SMILES string of the molecule is CN(C)CC(=O)Nc1ccc(Cl)c(C(=O)Nc2cccc3c4c(oc23)CCCC4)c1Cl. The van der Waals surface area contributed by atoms with Gasteiger partial charge < -0.3 is 20.0 Å². The molecule has 2 amide bonds. The van der Waals surface area contributed by atoms with Gasteiger partial charge in [0, 0.05) is 17.4 Å². The Labute approximate surface area is 190 Å². The first-order chi connectivity index (χ1) is 14.8. The van der Waals surface area contributed by atoms with Crippen LogP contribution >= 0.6 is 23.2 Å². The highest BCUT2D eigenvalue weighted by atomic mass is 35.5. The summed E-state index contributed by atoms with van der Waals surface area (Å²) in [6.07, 6.45) is 4.12. The molecule has 0 saturated carbocycles. The Bertz CT molecular complexity index is 1170. The Morgan fingerprint density at radius 2 is 1.81 bits per heavy atom. The number of furan rings is 1. The fourth-order valence-corrected chi connectivity index (χ4v) is 4.49. The molecule has 31 heavy (non-hydrogen) atoms. The average molecular weight is 460 g/mol. The van der Waals surface area contributed by atoms with Crippen LogP contribution in [0, 0.1) is 0 Å². The van der Waals surface area contributed by atoms with E-state index in [1.807, 2.05) is 12.1 Å². The van der Waals surface area contributed by atoms with Gasteiger partial charge in [-0.3, -0.25) is 9.59 Å². The molecule has 8 heteroatoms. The van der Waals surface area contributed by atoms with Crippen molar-refractivity contribution in [1.82, 2.24) is 4.90 Å². The minimum Gasteiger partial charge on any atom is -0.459 e. The highest BCUT2D eigenvalue weighted by Crippen LogP contribution is 2.37. The summed E-state index contributed by atoms with van der Waals surface area (Å²) in [4.78, 5) is 27.0. The van der Waals surface area contributed by atoms with E-state index in [-0.39, 0.29) is 28.1 Å². The number of likely N-dealkylation sites (N-methyl/N-ethyl adjacent to an activating group) is 1. The topological polar surface area (TPSA) is 74.6 Å². The summed E-state index contributed by atoms with van der Waals surface area (Å²) in [6, 6.07) is 8.82. The Morgan fingerprint density at radius 3 is 2.58 bits per heavy atom. The van der Waals surface area contributed by atoms with E-state index in [9.17, 15) is 9.59 Å². The van der Waals surface area contributed by atoms with Crippen LogP contribution < -0.4 is 10.6 Å². The van der Waals surface area contributed by atoms with E-state index in [1.165, 1.54) is 5.56 Å². The first-order valence-electron chi connectivity index (χ1n) is 10.1. The molecule has 4 rings (SSSR count). The molecule has 0 aliphatic heterocycles.